The lowest BCUT2D eigenvalue weighted by molar-refractivity contribution is 0.306. The zero-order valence-electron chi connectivity index (χ0n) is 15.3. The number of hydrogen-bond acceptors (Lipinski definition) is 4. The lowest BCUT2D eigenvalue weighted by Crippen LogP contribution is -1.96. The van der Waals surface area contributed by atoms with Gasteiger partial charge in [0.1, 0.15) is 12.4 Å². The Morgan fingerprint density at radius 2 is 1.69 bits per heavy atom. The predicted molar refractivity (Wildman–Crippen MR) is 116 cm³/mol. The van der Waals surface area contributed by atoms with E-state index in [-0.39, 0.29) is 0 Å². The van der Waals surface area contributed by atoms with Crippen LogP contribution in [0.1, 0.15) is 11.1 Å². The number of halogens is 3. The van der Waals surface area contributed by atoms with E-state index in [0.717, 1.165) is 16.7 Å². The molecule has 0 aliphatic rings. The smallest absolute Gasteiger partial charge is 0.258 e. The first-order valence-electron chi connectivity index (χ1n) is 8.77. The van der Waals surface area contributed by atoms with Crippen LogP contribution in [0.25, 0.3) is 22.8 Å². The fraction of sp³-hybridized carbons (Fsp3) is 0.0909. The van der Waals surface area contributed by atoms with Crippen molar-refractivity contribution in [3.05, 3.63) is 86.9 Å². The largest absolute Gasteiger partial charge is 0.487 e. The molecule has 4 rings (SSSR count). The molecule has 7 heteroatoms. The monoisotopic (exact) mass is 444 g/mol. The van der Waals surface area contributed by atoms with E-state index in [4.69, 9.17) is 44.1 Å². The lowest BCUT2D eigenvalue weighted by atomic mass is 10.1. The van der Waals surface area contributed by atoms with Gasteiger partial charge in [0.25, 0.3) is 5.89 Å². The van der Waals surface area contributed by atoms with Gasteiger partial charge in [-0.15, -0.1) is 0 Å². The second-order valence-electron chi connectivity index (χ2n) is 6.47. The van der Waals surface area contributed by atoms with Gasteiger partial charge in [0.05, 0.1) is 10.0 Å². The van der Waals surface area contributed by atoms with Gasteiger partial charge in [-0.1, -0.05) is 58.2 Å². The van der Waals surface area contributed by atoms with Crippen LogP contribution in [-0.4, -0.2) is 10.1 Å². The summed E-state index contributed by atoms with van der Waals surface area (Å²) >= 11 is 18.3. The quantitative estimate of drug-likeness (QED) is 0.324. The molecule has 146 valence electrons. The van der Waals surface area contributed by atoms with Gasteiger partial charge in [-0.05, 0) is 60.5 Å². The second kappa shape index (κ2) is 8.46. The van der Waals surface area contributed by atoms with Gasteiger partial charge in [-0.25, -0.2) is 0 Å². The Morgan fingerprint density at radius 3 is 2.45 bits per heavy atom. The number of ether oxygens (including phenoxy) is 1. The van der Waals surface area contributed by atoms with E-state index >= 15 is 0 Å². The summed E-state index contributed by atoms with van der Waals surface area (Å²) in [5.74, 6) is 1.47. The Morgan fingerprint density at radius 1 is 0.897 bits per heavy atom. The molecule has 0 radical (unpaired) electrons. The summed E-state index contributed by atoms with van der Waals surface area (Å²) in [4.78, 5) is 4.43. The maximum Gasteiger partial charge on any atom is 0.258 e. The molecule has 1 aromatic heterocycles. The fourth-order valence-corrected chi connectivity index (χ4v) is 3.41. The molecular formula is C22H15Cl3N2O2. The second-order valence-corrected chi connectivity index (χ2v) is 7.72. The average molecular weight is 446 g/mol. The van der Waals surface area contributed by atoms with Crippen molar-refractivity contribution < 1.29 is 9.26 Å². The molecule has 0 bridgehead atoms. The van der Waals surface area contributed by atoms with Crippen LogP contribution in [0.15, 0.2) is 65.2 Å². The van der Waals surface area contributed by atoms with Gasteiger partial charge in [-0.2, -0.15) is 4.98 Å². The van der Waals surface area contributed by atoms with E-state index in [1.165, 1.54) is 0 Å². The van der Waals surface area contributed by atoms with Crippen molar-refractivity contribution in [1.82, 2.24) is 10.1 Å². The molecule has 1 heterocycles. The summed E-state index contributed by atoms with van der Waals surface area (Å²) in [6, 6.07) is 18.5. The first-order chi connectivity index (χ1) is 14.0. The molecule has 0 aliphatic carbocycles. The van der Waals surface area contributed by atoms with Gasteiger partial charge >= 0.3 is 0 Å². The van der Waals surface area contributed by atoms with Crippen LogP contribution in [-0.2, 0) is 6.61 Å². The van der Waals surface area contributed by atoms with E-state index in [0.29, 0.717) is 44.7 Å². The Kier molecular flexibility index (Phi) is 5.76. The van der Waals surface area contributed by atoms with E-state index in [1.54, 1.807) is 18.2 Å². The van der Waals surface area contributed by atoms with Crippen LogP contribution in [0, 0.1) is 6.92 Å². The summed E-state index contributed by atoms with van der Waals surface area (Å²) in [5, 5.41) is 5.62. The third kappa shape index (κ3) is 4.56. The SMILES string of the molecule is Cc1ccc(Cl)c(OCc2ccc(-c3nc(-c4ccc(Cl)cc4Cl)no3)cc2)c1. The van der Waals surface area contributed by atoms with Crippen molar-refractivity contribution in [2.24, 2.45) is 0 Å². The highest BCUT2D eigenvalue weighted by molar-refractivity contribution is 6.36. The number of nitrogens with zero attached hydrogens (tertiary/aromatic N) is 2. The van der Waals surface area contributed by atoms with Crippen molar-refractivity contribution in [2.75, 3.05) is 0 Å². The maximum atomic E-state index is 6.22. The molecule has 29 heavy (non-hydrogen) atoms. The topological polar surface area (TPSA) is 48.2 Å². The fourth-order valence-electron chi connectivity index (χ4n) is 2.75. The highest BCUT2D eigenvalue weighted by Crippen LogP contribution is 2.30. The van der Waals surface area contributed by atoms with E-state index in [1.807, 2.05) is 49.4 Å². The molecule has 4 nitrogen and oxygen atoms in total. The number of hydrogen-bond donors (Lipinski definition) is 0. The minimum absolute atomic E-state index is 0.402. The number of aromatic nitrogens is 2. The van der Waals surface area contributed by atoms with Gasteiger partial charge in [0.2, 0.25) is 5.82 Å². The van der Waals surface area contributed by atoms with Crippen molar-refractivity contribution in [3.63, 3.8) is 0 Å². The highest BCUT2D eigenvalue weighted by atomic mass is 35.5. The minimum atomic E-state index is 0.402. The van der Waals surface area contributed by atoms with Crippen LogP contribution in [0.5, 0.6) is 5.75 Å². The van der Waals surface area contributed by atoms with Gasteiger partial charge in [-0.3, -0.25) is 0 Å². The number of rotatable bonds is 5. The van der Waals surface area contributed by atoms with Crippen LogP contribution in [0.2, 0.25) is 15.1 Å². The van der Waals surface area contributed by atoms with E-state index in [2.05, 4.69) is 10.1 Å². The third-order valence-corrected chi connectivity index (χ3v) is 5.14. The molecule has 0 fully saturated rings. The van der Waals surface area contributed by atoms with Crippen molar-refractivity contribution >= 4 is 34.8 Å². The summed E-state index contributed by atoms with van der Waals surface area (Å²) < 4.78 is 11.2. The zero-order chi connectivity index (χ0) is 20.4. The third-order valence-electron chi connectivity index (χ3n) is 4.28. The van der Waals surface area contributed by atoms with E-state index in [9.17, 15) is 0 Å². The molecule has 0 saturated carbocycles. The van der Waals surface area contributed by atoms with Crippen molar-refractivity contribution in [2.45, 2.75) is 13.5 Å². The normalized spacial score (nSPS) is 10.9. The Hall–Kier alpha value is -2.53. The predicted octanol–water partition coefficient (Wildman–Crippen LogP) is 7.25. The molecule has 4 aromatic rings. The Labute approximate surface area is 183 Å². The molecular weight excluding hydrogens is 431 g/mol. The molecule has 0 aliphatic heterocycles. The van der Waals surface area contributed by atoms with Crippen LogP contribution in [0.4, 0.5) is 0 Å². The van der Waals surface area contributed by atoms with Gasteiger partial charge in [0.15, 0.2) is 0 Å². The molecule has 3 aromatic carbocycles. The minimum Gasteiger partial charge on any atom is -0.487 e. The summed E-state index contributed by atoms with van der Waals surface area (Å²) in [6.07, 6.45) is 0. The van der Waals surface area contributed by atoms with Crippen LogP contribution in [0.3, 0.4) is 0 Å². The Bertz CT molecular complexity index is 1160. The van der Waals surface area contributed by atoms with Gasteiger partial charge in [0, 0.05) is 16.1 Å². The molecule has 0 N–H and O–H groups in total. The molecule has 0 amide bonds. The van der Waals surface area contributed by atoms with E-state index < -0.39 is 0 Å². The standard InChI is InChI=1S/C22H15Cl3N2O2/c1-13-2-9-18(24)20(10-13)28-12-14-3-5-15(6-4-14)22-26-21(27-29-22)17-8-7-16(23)11-19(17)25/h2-11H,12H2,1H3. The van der Waals surface area contributed by atoms with Crippen LogP contribution >= 0.6 is 34.8 Å². The summed E-state index contributed by atoms with van der Waals surface area (Å²) in [7, 11) is 0. The first kappa shape index (κ1) is 19.8. The number of benzene rings is 3. The Balaban J connectivity index is 1.48. The number of aryl methyl sites for hydroxylation is 1. The summed E-state index contributed by atoms with van der Waals surface area (Å²) in [6.45, 7) is 2.40. The highest BCUT2D eigenvalue weighted by Gasteiger charge is 2.13. The molecule has 0 unspecified atom stereocenters. The van der Waals surface area contributed by atoms with Crippen LogP contribution < -0.4 is 4.74 Å². The van der Waals surface area contributed by atoms with Crippen molar-refractivity contribution in [1.29, 1.82) is 0 Å². The van der Waals surface area contributed by atoms with Crippen molar-refractivity contribution in [3.8, 4) is 28.6 Å². The molecule has 0 saturated heterocycles. The maximum absolute atomic E-state index is 6.22. The zero-order valence-corrected chi connectivity index (χ0v) is 17.6. The molecule has 0 spiro atoms. The molecule has 0 atom stereocenters. The average Bonchev–Trinajstić information content (AvgIpc) is 3.19. The lowest BCUT2D eigenvalue weighted by Gasteiger charge is -2.09. The first-order valence-corrected chi connectivity index (χ1v) is 9.90. The summed E-state index contributed by atoms with van der Waals surface area (Å²) in [5.41, 5.74) is 3.54. The van der Waals surface area contributed by atoms with Gasteiger partial charge < -0.3 is 9.26 Å².